The van der Waals surface area contributed by atoms with E-state index in [4.69, 9.17) is 16.3 Å². The highest BCUT2D eigenvalue weighted by Gasteiger charge is 2.26. The van der Waals surface area contributed by atoms with Crippen molar-refractivity contribution in [2.24, 2.45) is 0 Å². The van der Waals surface area contributed by atoms with Crippen molar-refractivity contribution < 1.29 is 18.7 Å². The molecule has 1 heterocycles. The Morgan fingerprint density at radius 1 is 1.17 bits per heavy atom. The van der Waals surface area contributed by atoms with Crippen LogP contribution in [0.5, 0.6) is 5.75 Å². The molecule has 0 spiro atoms. The lowest BCUT2D eigenvalue weighted by molar-refractivity contribution is -0.134. The van der Waals surface area contributed by atoms with Crippen LogP contribution in [0.15, 0.2) is 42.5 Å². The minimum absolute atomic E-state index is 0.0189. The number of carbonyl (C=O) groups excluding carboxylic acids is 2. The van der Waals surface area contributed by atoms with E-state index in [0.29, 0.717) is 31.7 Å². The summed E-state index contributed by atoms with van der Waals surface area (Å²) in [7, 11) is 0. The molecule has 5 nitrogen and oxygen atoms in total. The molecule has 0 aromatic heterocycles. The largest absolute Gasteiger partial charge is 0.484 e. The molecule has 1 N–H and O–H groups in total. The molecule has 0 atom stereocenters. The molecule has 0 bridgehead atoms. The molecule has 0 aliphatic carbocycles. The zero-order valence-corrected chi connectivity index (χ0v) is 17.8. The molecule has 3 rings (SSSR count). The van der Waals surface area contributed by atoms with Crippen molar-refractivity contribution in [3.63, 3.8) is 0 Å². The predicted octanol–water partition coefficient (Wildman–Crippen LogP) is 4.23. The van der Waals surface area contributed by atoms with Crippen molar-refractivity contribution in [1.29, 1.82) is 0 Å². The van der Waals surface area contributed by atoms with Gasteiger partial charge < -0.3 is 15.0 Å². The van der Waals surface area contributed by atoms with E-state index in [2.05, 4.69) is 12.2 Å². The van der Waals surface area contributed by atoms with Crippen LogP contribution in [0.4, 0.5) is 4.39 Å². The molecule has 160 valence electrons. The lowest BCUT2D eigenvalue weighted by Crippen LogP contribution is -2.47. The van der Waals surface area contributed by atoms with Crippen LogP contribution >= 0.6 is 11.6 Å². The maximum atomic E-state index is 13.9. The second-order valence-electron chi connectivity index (χ2n) is 7.41. The molecule has 0 saturated carbocycles. The summed E-state index contributed by atoms with van der Waals surface area (Å²) in [5.41, 5.74) is 1.10. The number of likely N-dealkylation sites (tertiary alicyclic amines) is 1. The van der Waals surface area contributed by atoms with E-state index in [9.17, 15) is 14.0 Å². The normalized spacial score (nSPS) is 14.4. The molecule has 0 radical (unpaired) electrons. The summed E-state index contributed by atoms with van der Waals surface area (Å²) in [6, 6.07) is 11.8. The van der Waals surface area contributed by atoms with Gasteiger partial charge in [-0.1, -0.05) is 43.1 Å². The fourth-order valence-corrected chi connectivity index (χ4v) is 3.77. The van der Waals surface area contributed by atoms with Crippen molar-refractivity contribution in [2.75, 3.05) is 19.7 Å². The third-order valence-corrected chi connectivity index (χ3v) is 5.51. The molecule has 1 aliphatic rings. The number of hydrogen-bond donors (Lipinski definition) is 1. The van der Waals surface area contributed by atoms with Crippen LogP contribution in [0.2, 0.25) is 5.02 Å². The molecule has 1 saturated heterocycles. The number of nitrogens with zero attached hydrogens (tertiary/aromatic N) is 1. The Hall–Kier alpha value is -2.60. The minimum Gasteiger partial charge on any atom is -0.484 e. The number of halogens is 2. The molecule has 2 amide bonds. The second kappa shape index (κ2) is 10.4. The van der Waals surface area contributed by atoms with Gasteiger partial charge in [0.05, 0.1) is 10.6 Å². The van der Waals surface area contributed by atoms with Crippen molar-refractivity contribution in [2.45, 2.75) is 38.6 Å². The number of rotatable bonds is 7. The van der Waals surface area contributed by atoms with Gasteiger partial charge >= 0.3 is 0 Å². The summed E-state index contributed by atoms with van der Waals surface area (Å²) in [5.74, 6) is -0.591. The smallest absolute Gasteiger partial charge is 0.260 e. The third kappa shape index (κ3) is 5.72. The number of piperidine rings is 1. The van der Waals surface area contributed by atoms with Gasteiger partial charge in [0.25, 0.3) is 11.8 Å². The van der Waals surface area contributed by atoms with Crippen LogP contribution in [0.25, 0.3) is 0 Å². The van der Waals surface area contributed by atoms with Gasteiger partial charge in [-0.2, -0.15) is 0 Å². The summed E-state index contributed by atoms with van der Waals surface area (Å²) in [6.07, 6.45) is 3.29. The van der Waals surface area contributed by atoms with E-state index in [1.807, 2.05) is 24.3 Å². The topological polar surface area (TPSA) is 58.6 Å². The molecule has 30 heavy (non-hydrogen) atoms. The summed E-state index contributed by atoms with van der Waals surface area (Å²) >= 11 is 5.95. The lowest BCUT2D eigenvalue weighted by Gasteiger charge is -2.32. The molecule has 2 aromatic rings. The highest BCUT2D eigenvalue weighted by molar-refractivity contribution is 6.33. The monoisotopic (exact) mass is 432 g/mol. The lowest BCUT2D eigenvalue weighted by atomic mass is 10.0. The van der Waals surface area contributed by atoms with E-state index in [1.54, 1.807) is 4.90 Å². The Morgan fingerprint density at radius 3 is 2.50 bits per heavy atom. The average molecular weight is 433 g/mol. The Kier molecular flexibility index (Phi) is 7.69. The van der Waals surface area contributed by atoms with Crippen LogP contribution in [0.3, 0.4) is 0 Å². The summed E-state index contributed by atoms with van der Waals surface area (Å²) < 4.78 is 19.5. The number of benzene rings is 2. The van der Waals surface area contributed by atoms with Gasteiger partial charge in [0.15, 0.2) is 6.61 Å². The first-order chi connectivity index (χ1) is 14.5. The molecular formula is C23H26ClFN2O3. The molecular weight excluding hydrogens is 407 g/mol. The summed E-state index contributed by atoms with van der Waals surface area (Å²) in [5, 5.41) is 2.90. The maximum absolute atomic E-state index is 13.9. The summed E-state index contributed by atoms with van der Waals surface area (Å²) in [6.45, 7) is 3.13. The van der Waals surface area contributed by atoms with Crippen molar-refractivity contribution >= 4 is 23.4 Å². The number of ether oxygens (including phenoxy) is 1. The van der Waals surface area contributed by atoms with Gasteiger partial charge in [-0.05, 0) is 49.1 Å². The second-order valence-corrected chi connectivity index (χ2v) is 7.82. The quantitative estimate of drug-likeness (QED) is 0.712. The Bertz CT molecular complexity index is 860. The number of nitrogens with one attached hydrogen (secondary N) is 1. The van der Waals surface area contributed by atoms with Gasteiger partial charge in [0, 0.05) is 19.1 Å². The zero-order valence-electron chi connectivity index (χ0n) is 17.0. The predicted molar refractivity (Wildman–Crippen MR) is 114 cm³/mol. The van der Waals surface area contributed by atoms with Gasteiger partial charge in [-0.25, -0.2) is 4.39 Å². The number of carbonyl (C=O) groups is 2. The fourth-order valence-electron chi connectivity index (χ4n) is 3.52. The van der Waals surface area contributed by atoms with Crippen LogP contribution in [0.1, 0.15) is 42.1 Å². The van der Waals surface area contributed by atoms with Gasteiger partial charge in [0.2, 0.25) is 0 Å². The first kappa shape index (κ1) is 22.1. The Balaban J connectivity index is 1.44. The maximum Gasteiger partial charge on any atom is 0.260 e. The van der Waals surface area contributed by atoms with Crippen LogP contribution in [-0.4, -0.2) is 42.5 Å². The third-order valence-electron chi connectivity index (χ3n) is 5.20. The van der Waals surface area contributed by atoms with Gasteiger partial charge in [-0.15, -0.1) is 0 Å². The first-order valence-corrected chi connectivity index (χ1v) is 10.6. The van der Waals surface area contributed by atoms with Crippen LogP contribution in [-0.2, 0) is 11.2 Å². The first-order valence-electron chi connectivity index (χ1n) is 10.2. The molecule has 2 aromatic carbocycles. The highest BCUT2D eigenvalue weighted by atomic mass is 35.5. The van der Waals surface area contributed by atoms with Crippen LogP contribution < -0.4 is 10.1 Å². The molecule has 7 heteroatoms. The number of amides is 2. The SMILES string of the molecule is CCCc1ccc(OCC(=O)N2CCC(NC(=O)c3c(F)cccc3Cl)CC2)cc1. The average Bonchev–Trinajstić information content (AvgIpc) is 2.73. The zero-order chi connectivity index (χ0) is 21.5. The van der Waals surface area contributed by atoms with E-state index >= 15 is 0 Å². The van der Waals surface area contributed by atoms with E-state index < -0.39 is 11.7 Å². The number of hydrogen-bond acceptors (Lipinski definition) is 3. The highest BCUT2D eigenvalue weighted by Crippen LogP contribution is 2.20. The summed E-state index contributed by atoms with van der Waals surface area (Å²) in [4.78, 5) is 26.5. The van der Waals surface area contributed by atoms with Gasteiger partial charge in [-0.3, -0.25) is 9.59 Å². The van der Waals surface area contributed by atoms with E-state index in [0.717, 1.165) is 12.8 Å². The van der Waals surface area contributed by atoms with Gasteiger partial charge in [0.1, 0.15) is 11.6 Å². The molecule has 1 aliphatic heterocycles. The van der Waals surface area contributed by atoms with Crippen LogP contribution in [0, 0.1) is 5.82 Å². The minimum atomic E-state index is -0.646. The van der Waals surface area contributed by atoms with E-state index in [1.165, 1.54) is 23.8 Å². The van der Waals surface area contributed by atoms with Crippen molar-refractivity contribution in [3.8, 4) is 5.75 Å². The standard InChI is InChI=1S/C23H26ClFN2O3/c1-2-4-16-7-9-18(10-8-16)30-15-21(28)27-13-11-17(12-14-27)26-23(29)22-19(24)5-3-6-20(22)25/h3,5-10,17H,2,4,11-15H2,1H3,(H,26,29). The van der Waals surface area contributed by atoms with Crippen molar-refractivity contribution in [1.82, 2.24) is 10.2 Å². The fraction of sp³-hybridized carbons (Fsp3) is 0.391. The Morgan fingerprint density at radius 2 is 1.87 bits per heavy atom. The molecule has 1 fully saturated rings. The number of aryl methyl sites for hydroxylation is 1. The Labute approximate surface area is 181 Å². The van der Waals surface area contributed by atoms with Crippen molar-refractivity contribution in [3.05, 3.63) is 64.4 Å². The van der Waals surface area contributed by atoms with E-state index in [-0.39, 0.29) is 29.1 Å². The molecule has 0 unspecified atom stereocenters.